The number of esters is 1. The van der Waals surface area contributed by atoms with Crippen LogP contribution in [0.25, 0.3) is 11.2 Å². The van der Waals surface area contributed by atoms with Crippen molar-refractivity contribution in [1.29, 1.82) is 0 Å². The highest BCUT2D eigenvalue weighted by Crippen LogP contribution is 2.44. The van der Waals surface area contributed by atoms with Crippen LogP contribution in [0.3, 0.4) is 0 Å². The average molecular weight is 564 g/mol. The van der Waals surface area contributed by atoms with Crippen molar-refractivity contribution in [2.24, 2.45) is 11.8 Å². The third-order valence-corrected chi connectivity index (χ3v) is 11.9. The highest BCUT2D eigenvalue weighted by atomic mass is 28.4. The maximum atomic E-state index is 12.9. The number of nitrogens with zero attached hydrogens (tertiary/aromatic N) is 3. The molecule has 12 heteroatoms. The summed E-state index contributed by atoms with van der Waals surface area (Å²) in [6.07, 6.45) is -0.987. The summed E-state index contributed by atoms with van der Waals surface area (Å²) in [5.41, 5.74) is 0.171. The molecule has 39 heavy (non-hydrogen) atoms. The molecule has 0 saturated carbocycles. The van der Waals surface area contributed by atoms with E-state index in [4.69, 9.17) is 13.9 Å². The van der Waals surface area contributed by atoms with Gasteiger partial charge in [-0.2, -0.15) is 4.98 Å². The lowest BCUT2D eigenvalue weighted by atomic mass is 10.00. The Labute approximate surface area is 231 Å². The highest BCUT2D eigenvalue weighted by molar-refractivity contribution is 6.74. The number of aromatic amines is 1. The number of Topliss-reactive ketones (excluding diaryl/α,β-unsaturated/α-hetero) is 1. The van der Waals surface area contributed by atoms with Gasteiger partial charge in [0, 0.05) is 13.0 Å². The van der Waals surface area contributed by atoms with Crippen molar-refractivity contribution in [1.82, 2.24) is 19.5 Å². The minimum absolute atomic E-state index is 0.00997. The number of hydrogen-bond acceptors (Lipinski definition) is 9. The maximum Gasteiger partial charge on any atom is 0.306 e. The second kappa shape index (κ2) is 11.9. The molecular weight excluding hydrogens is 518 g/mol. The van der Waals surface area contributed by atoms with E-state index in [2.05, 4.69) is 68.0 Å². The summed E-state index contributed by atoms with van der Waals surface area (Å²) in [5, 5.41) is 3.04. The van der Waals surface area contributed by atoms with Gasteiger partial charge in [-0.3, -0.25) is 19.1 Å². The molecule has 1 saturated heterocycles. The zero-order chi connectivity index (χ0) is 29.3. The van der Waals surface area contributed by atoms with E-state index in [-0.39, 0.29) is 40.7 Å². The maximum absolute atomic E-state index is 12.9. The smallest absolute Gasteiger partial charge is 0.306 e. The Kier molecular flexibility index (Phi) is 9.44. The molecule has 4 atom stereocenters. The zero-order valence-corrected chi connectivity index (χ0v) is 26.0. The van der Waals surface area contributed by atoms with E-state index in [9.17, 15) is 14.4 Å². The van der Waals surface area contributed by atoms with Crippen LogP contribution < -0.4 is 10.9 Å². The van der Waals surface area contributed by atoms with E-state index in [0.717, 1.165) is 0 Å². The summed E-state index contributed by atoms with van der Waals surface area (Å²) in [5.74, 6) is 0.127. The fraction of sp³-hybridized carbons (Fsp3) is 0.741. The molecule has 0 spiro atoms. The second-order valence-electron chi connectivity index (χ2n) is 12.7. The van der Waals surface area contributed by atoms with Crippen molar-refractivity contribution in [3.8, 4) is 0 Å². The summed E-state index contributed by atoms with van der Waals surface area (Å²) < 4.78 is 21.2. The SMILES string of the molecule is CC(=O)CCC(=O)O[C@@H]1C(O[Si](C)(C)C(C)(C)C)[C@H](n2cnc3c(=O)[nH]c(NCC(C)C)nc32)O[C@@H]1C(C)C. The predicted molar refractivity (Wildman–Crippen MR) is 152 cm³/mol. The first kappa shape index (κ1) is 31.0. The lowest BCUT2D eigenvalue weighted by Crippen LogP contribution is -2.50. The molecule has 0 radical (unpaired) electrons. The third-order valence-electron chi connectivity index (χ3n) is 7.45. The van der Waals surface area contributed by atoms with Crippen molar-refractivity contribution in [3.63, 3.8) is 0 Å². The van der Waals surface area contributed by atoms with Crippen molar-refractivity contribution in [2.75, 3.05) is 11.9 Å². The minimum atomic E-state index is -2.39. The average Bonchev–Trinajstić information content (AvgIpc) is 3.37. The van der Waals surface area contributed by atoms with Gasteiger partial charge >= 0.3 is 5.97 Å². The number of nitrogens with one attached hydrogen (secondary N) is 2. The van der Waals surface area contributed by atoms with Crippen LogP contribution in [-0.2, 0) is 23.5 Å². The number of H-pyrrole nitrogens is 1. The van der Waals surface area contributed by atoms with E-state index in [0.29, 0.717) is 24.1 Å². The molecule has 11 nitrogen and oxygen atoms in total. The fourth-order valence-corrected chi connectivity index (χ4v) is 5.47. The van der Waals surface area contributed by atoms with Gasteiger partial charge < -0.3 is 24.0 Å². The van der Waals surface area contributed by atoms with Gasteiger partial charge in [0.15, 0.2) is 31.8 Å². The molecule has 1 aliphatic heterocycles. The fourth-order valence-electron chi connectivity index (χ4n) is 4.19. The van der Waals surface area contributed by atoms with Crippen LogP contribution in [0.15, 0.2) is 11.1 Å². The first-order chi connectivity index (χ1) is 18.0. The van der Waals surface area contributed by atoms with Crippen LogP contribution in [0, 0.1) is 11.8 Å². The molecule has 0 bridgehead atoms. The minimum Gasteiger partial charge on any atom is -0.457 e. The Morgan fingerprint density at radius 1 is 1.18 bits per heavy atom. The number of carbonyl (C=O) groups excluding carboxylic acids is 2. The summed E-state index contributed by atoms with van der Waals surface area (Å²) in [7, 11) is -2.39. The molecule has 1 fully saturated rings. The van der Waals surface area contributed by atoms with Gasteiger partial charge in [0.05, 0.1) is 12.7 Å². The van der Waals surface area contributed by atoms with E-state index in [1.54, 1.807) is 4.57 Å². The quantitative estimate of drug-likeness (QED) is 0.301. The van der Waals surface area contributed by atoms with Gasteiger partial charge in [0.25, 0.3) is 5.56 Å². The monoisotopic (exact) mass is 563 g/mol. The molecule has 218 valence electrons. The van der Waals surface area contributed by atoms with Crippen LogP contribution in [0.5, 0.6) is 0 Å². The molecule has 0 aliphatic carbocycles. The molecule has 2 aromatic rings. The van der Waals surface area contributed by atoms with Crippen LogP contribution in [0.1, 0.15) is 74.5 Å². The summed E-state index contributed by atoms with van der Waals surface area (Å²) >= 11 is 0. The number of fused-ring (bicyclic) bond motifs is 1. The number of hydrogen-bond donors (Lipinski definition) is 2. The Bertz CT molecular complexity index is 1230. The number of imidazole rings is 1. The van der Waals surface area contributed by atoms with Crippen molar-refractivity contribution in [3.05, 3.63) is 16.7 Å². The molecule has 2 aromatic heterocycles. The molecule has 1 unspecified atom stereocenters. The normalized spacial score (nSPS) is 22.2. The lowest BCUT2D eigenvalue weighted by molar-refractivity contribution is -0.157. The Balaban J connectivity index is 2.09. The topological polar surface area (TPSA) is 137 Å². The van der Waals surface area contributed by atoms with Gasteiger partial charge in [0.2, 0.25) is 5.95 Å². The largest absolute Gasteiger partial charge is 0.457 e. The van der Waals surface area contributed by atoms with Gasteiger partial charge in [-0.25, -0.2) is 4.98 Å². The number of anilines is 1. The second-order valence-corrected chi connectivity index (χ2v) is 17.5. The standard InChI is InChI=1S/C27H45N5O6Si/c1-15(2)13-28-26-30-23-19(24(35)31-26)29-14-32(23)25-22(38-39(9,10)27(6,7)8)21(20(37-25)16(3)4)36-18(34)12-11-17(5)33/h14-16,20-22,25H,11-13H2,1-10H3,(H2,28,30,31,35)/t20-,21+,22?,25-/m1/s1. The lowest BCUT2D eigenvalue weighted by Gasteiger charge is -2.40. The number of rotatable bonds is 11. The predicted octanol–water partition coefficient (Wildman–Crippen LogP) is 4.41. The Hall–Kier alpha value is -2.57. The molecule has 0 amide bonds. The summed E-state index contributed by atoms with van der Waals surface area (Å²) in [4.78, 5) is 48.9. The number of ether oxygens (including phenoxy) is 2. The Morgan fingerprint density at radius 3 is 2.41 bits per heavy atom. The van der Waals surface area contributed by atoms with Gasteiger partial charge in [0.1, 0.15) is 18.0 Å². The third kappa shape index (κ3) is 7.15. The first-order valence-electron chi connectivity index (χ1n) is 13.7. The van der Waals surface area contributed by atoms with E-state index in [1.807, 2.05) is 13.8 Å². The van der Waals surface area contributed by atoms with E-state index in [1.165, 1.54) is 13.3 Å². The Morgan fingerprint density at radius 2 is 1.85 bits per heavy atom. The number of carbonyl (C=O) groups is 2. The highest BCUT2D eigenvalue weighted by Gasteiger charge is 2.53. The van der Waals surface area contributed by atoms with Gasteiger partial charge in [-0.05, 0) is 36.9 Å². The van der Waals surface area contributed by atoms with Crippen molar-refractivity contribution < 1.29 is 23.5 Å². The van der Waals surface area contributed by atoms with Crippen LogP contribution in [-0.4, -0.2) is 64.4 Å². The molecule has 3 rings (SSSR count). The molecule has 3 heterocycles. The number of aromatic nitrogens is 4. The molecule has 1 aliphatic rings. The molecule has 2 N–H and O–H groups in total. The number of ketones is 1. The molecule has 0 aromatic carbocycles. The van der Waals surface area contributed by atoms with Gasteiger partial charge in [-0.1, -0.05) is 48.5 Å². The zero-order valence-electron chi connectivity index (χ0n) is 25.0. The van der Waals surface area contributed by atoms with Crippen molar-refractivity contribution >= 4 is 37.2 Å². The van der Waals surface area contributed by atoms with E-state index >= 15 is 0 Å². The van der Waals surface area contributed by atoms with Crippen LogP contribution in [0.2, 0.25) is 18.1 Å². The van der Waals surface area contributed by atoms with Crippen LogP contribution >= 0.6 is 0 Å². The summed E-state index contributed by atoms with van der Waals surface area (Å²) in [6, 6.07) is 0. The first-order valence-corrected chi connectivity index (χ1v) is 16.7. The van der Waals surface area contributed by atoms with Gasteiger partial charge in [-0.15, -0.1) is 0 Å². The van der Waals surface area contributed by atoms with Crippen LogP contribution in [0.4, 0.5) is 5.95 Å². The summed E-state index contributed by atoms with van der Waals surface area (Å²) in [6.45, 7) is 20.9. The van der Waals surface area contributed by atoms with E-state index < -0.39 is 38.8 Å². The van der Waals surface area contributed by atoms with Crippen molar-refractivity contribution in [2.45, 2.75) is 111 Å². The molecular formula is C27H45N5O6Si.